The van der Waals surface area contributed by atoms with E-state index >= 15 is 0 Å². The normalized spacial score (nSPS) is 22.6. The molecule has 2 fully saturated rings. The van der Waals surface area contributed by atoms with Crippen molar-refractivity contribution in [1.29, 1.82) is 0 Å². The Morgan fingerprint density at radius 3 is 2.68 bits per heavy atom. The predicted octanol–water partition coefficient (Wildman–Crippen LogP) is 3.27. The summed E-state index contributed by atoms with van der Waals surface area (Å²) in [6, 6.07) is 8.78. The van der Waals surface area contributed by atoms with Crippen molar-refractivity contribution in [2.24, 2.45) is 4.99 Å². The topological polar surface area (TPSA) is 74.8 Å². The number of rotatable bonds is 5. The van der Waals surface area contributed by atoms with Gasteiger partial charge < -0.3 is 20.7 Å². The molecule has 1 amide bonds. The smallest absolute Gasteiger partial charge is 0.242 e. The van der Waals surface area contributed by atoms with E-state index in [9.17, 15) is 4.79 Å². The molecule has 2 aliphatic carbocycles. The number of nitrogens with one attached hydrogen (secondary N) is 3. The Bertz CT molecular complexity index is 714. The molecular weight excluding hydrogens is 467 g/mol. The summed E-state index contributed by atoms with van der Waals surface area (Å²) in [5, 5.41) is 9.84. The number of amides is 1. The zero-order valence-electron chi connectivity index (χ0n) is 16.5. The van der Waals surface area contributed by atoms with Crippen LogP contribution in [0.15, 0.2) is 29.3 Å². The first-order valence-electron chi connectivity index (χ1n) is 10.3. The maximum Gasteiger partial charge on any atom is 0.242 e. The number of carbonyl (C=O) groups excluding carboxylic acids is 1. The van der Waals surface area contributed by atoms with Crippen molar-refractivity contribution in [3.8, 4) is 5.75 Å². The van der Waals surface area contributed by atoms with Crippen molar-refractivity contribution < 1.29 is 9.53 Å². The zero-order chi connectivity index (χ0) is 18.7. The number of benzene rings is 1. The lowest BCUT2D eigenvalue weighted by Gasteiger charge is -2.40. The van der Waals surface area contributed by atoms with Gasteiger partial charge in [-0.15, -0.1) is 24.0 Å². The van der Waals surface area contributed by atoms with Gasteiger partial charge in [-0.1, -0.05) is 18.2 Å². The maximum atomic E-state index is 12.0. The second kappa shape index (κ2) is 9.33. The van der Waals surface area contributed by atoms with Crippen molar-refractivity contribution >= 4 is 35.8 Å². The summed E-state index contributed by atoms with van der Waals surface area (Å²) < 4.78 is 6.44. The van der Waals surface area contributed by atoms with Gasteiger partial charge in [0.1, 0.15) is 17.9 Å². The molecule has 154 valence electrons. The summed E-state index contributed by atoms with van der Waals surface area (Å²) in [6.45, 7) is 2.95. The number of aliphatic imine (C=N–C) groups is 1. The largest absolute Gasteiger partial charge is 0.487 e. The summed E-state index contributed by atoms with van der Waals surface area (Å²) in [4.78, 5) is 16.5. The predicted molar refractivity (Wildman–Crippen MR) is 121 cm³/mol. The number of hydrogen-bond acceptors (Lipinski definition) is 3. The van der Waals surface area contributed by atoms with Gasteiger partial charge in [-0.25, -0.2) is 4.99 Å². The third-order valence-electron chi connectivity index (χ3n) is 5.69. The second-order valence-electron chi connectivity index (χ2n) is 7.97. The fraction of sp³-hybridized carbons (Fsp3) is 0.619. The minimum Gasteiger partial charge on any atom is -0.487 e. The van der Waals surface area contributed by atoms with Gasteiger partial charge in [-0.05, 0) is 51.5 Å². The van der Waals surface area contributed by atoms with Gasteiger partial charge in [0.25, 0.3) is 0 Å². The Balaban J connectivity index is 0.00000225. The molecule has 1 aliphatic heterocycles. The summed E-state index contributed by atoms with van der Waals surface area (Å²) in [5.41, 5.74) is 1.11. The van der Waals surface area contributed by atoms with Crippen molar-refractivity contribution in [2.75, 3.05) is 13.1 Å². The van der Waals surface area contributed by atoms with Crippen LogP contribution in [0.25, 0.3) is 0 Å². The number of hydrogen-bond donors (Lipinski definition) is 3. The van der Waals surface area contributed by atoms with Crippen molar-refractivity contribution in [3.05, 3.63) is 29.8 Å². The van der Waals surface area contributed by atoms with E-state index in [1.54, 1.807) is 0 Å². The SMILES string of the molecule is CCNC(=NCC(=O)NC1CC1)NC1CC2(CCCC2)Oc2ccccc21.I. The monoisotopic (exact) mass is 498 g/mol. The molecule has 1 unspecified atom stereocenters. The third kappa shape index (κ3) is 5.10. The molecule has 3 N–H and O–H groups in total. The van der Waals surface area contributed by atoms with Crippen LogP contribution in [0.2, 0.25) is 0 Å². The number of guanidine groups is 1. The third-order valence-corrected chi connectivity index (χ3v) is 5.69. The van der Waals surface area contributed by atoms with Crippen molar-refractivity contribution in [3.63, 3.8) is 0 Å². The molecule has 1 aromatic rings. The fourth-order valence-electron chi connectivity index (χ4n) is 4.21. The number of ether oxygens (including phenoxy) is 1. The Morgan fingerprint density at radius 2 is 1.96 bits per heavy atom. The molecule has 0 bridgehead atoms. The van der Waals surface area contributed by atoms with Gasteiger partial charge in [-0.2, -0.15) is 0 Å². The van der Waals surface area contributed by atoms with Gasteiger partial charge in [0.15, 0.2) is 5.96 Å². The van der Waals surface area contributed by atoms with Gasteiger partial charge in [-0.3, -0.25) is 4.79 Å². The first kappa shape index (κ1) is 21.2. The number of fused-ring (bicyclic) bond motifs is 1. The molecule has 0 aromatic heterocycles. The molecule has 0 saturated heterocycles. The first-order valence-corrected chi connectivity index (χ1v) is 10.3. The summed E-state index contributed by atoms with van der Waals surface area (Å²) in [5.74, 6) is 1.66. The van der Waals surface area contributed by atoms with Crippen LogP contribution in [0.3, 0.4) is 0 Å². The van der Waals surface area contributed by atoms with Crippen molar-refractivity contribution in [2.45, 2.75) is 69.6 Å². The number of carbonyl (C=O) groups is 1. The minimum absolute atomic E-state index is 0. The quantitative estimate of drug-likeness (QED) is 0.331. The average Bonchev–Trinajstić information content (AvgIpc) is 3.37. The van der Waals surface area contributed by atoms with E-state index in [0.717, 1.165) is 44.4 Å². The van der Waals surface area contributed by atoms with Gasteiger partial charge >= 0.3 is 0 Å². The van der Waals surface area contributed by atoms with E-state index in [4.69, 9.17) is 4.74 Å². The molecule has 2 saturated carbocycles. The Kier molecular flexibility index (Phi) is 7.06. The fourth-order valence-corrected chi connectivity index (χ4v) is 4.21. The van der Waals surface area contributed by atoms with Crippen LogP contribution in [-0.4, -0.2) is 36.6 Å². The van der Waals surface area contributed by atoms with E-state index in [0.29, 0.717) is 12.0 Å². The highest BCUT2D eigenvalue weighted by Crippen LogP contribution is 2.46. The van der Waals surface area contributed by atoms with E-state index < -0.39 is 0 Å². The number of halogens is 1. The molecule has 3 aliphatic rings. The molecular formula is C21H31IN4O2. The standard InChI is InChI=1S/C21H30N4O2.HI/c1-2-22-20(23-14-19(26)24-15-9-10-15)25-17-13-21(11-5-6-12-21)27-18-8-4-3-7-16(17)18;/h3-4,7-8,15,17H,2,5-6,9-14H2,1H3,(H,24,26)(H2,22,23,25);1H. The van der Waals surface area contributed by atoms with Crippen LogP contribution >= 0.6 is 24.0 Å². The summed E-state index contributed by atoms with van der Waals surface area (Å²) >= 11 is 0. The van der Waals surface area contributed by atoms with E-state index in [-0.39, 0.29) is 48.1 Å². The molecule has 1 atom stereocenters. The van der Waals surface area contributed by atoms with Crippen LogP contribution < -0.4 is 20.7 Å². The Hall–Kier alpha value is -1.51. The van der Waals surface area contributed by atoms with E-state index in [2.05, 4.69) is 39.1 Å². The average molecular weight is 498 g/mol. The van der Waals surface area contributed by atoms with Crippen LogP contribution in [0.4, 0.5) is 0 Å². The second-order valence-corrected chi connectivity index (χ2v) is 7.97. The molecule has 0 radical (unpaired) electrons. The first-order chi connectivity index (χ1) is 13.2. The molecule has 7 heteroatoms. The summed E-state index contributed by atoms with van der Waals surface area (Å²) in [7, 11) is 0. The molecule has 1 heterocycles. The molecule has 6 nitrogen and oxygen atoms in total. The van der Waals surface area contributed by atoms with E-state index in [1.165, 1.54) is 18.4 Å². The zero-order valence-corrected chi connectivity index (χ0v) is 18.8. The minimum atomic E-state index is -0.0628. The lowest BCUT2D eigenvalue weighted by atomic mass is 9.86. The van der Waals surface area contributed by atoms with Crippen LogP contribution in [0.5, 0.6) is 5.75 Å². The number of nitrogens with zero attached hydrogens (tertiary/aromatic N) is 1. The molecule has 1 spiro atoms. The highest BCUT2D eigenvalue weighted by atomic mass is 127. The molecule has 28 heavy (non-hydrogen) atoms. The van der Waals surface area contributed by atoms with Crippen molar-refractivity contribution in [1.82, 2.24) is 16.0 Å². The highest BCUT2D eigenvalue weighted by Gasteiger charge is 2.43. The van der Waals surface area contributed by atoms with Gasteiger partial charge in [0.2, 0.25) is 5.91 Å². The van der Waals surface area contributed by atoms with Crippen LogP contribution in [0.1, 0.15) is 63.5 Å². The van der Waals surface area contributed by atoms with E-state index in [1.807, 2.05) is 13.0 Å². The number of para-hydroxylation sites is 1. The Labute approximate surface area is 184 Å². The molecule has 1 aromatic carbocycles. The van der Waals surface area contributed by atoms with Crippen LogP contribution in [0, 0.1) is 0 Å². The lowest BCUT2D eigenvalue weighted by Crippen LogP contribution is -2.47. The lowest BCUT2D eigenvalue weighted by molar-refractivity contribution is -0.119. The van der Waals surface area contributed by atoms with Gasteiger partial charge in [0, 0.05) is 24.6 Å². The van der Waals surface area contributed by atoms with Crippen LogP contribution in [-0.2, 0) is 4.79 Å². The highest BCUT2D eigenvalue weighted by molar-refractivity contribution is 14.0. The Morgan fingerprint density at radius 1 is 1.21 bits per heavy atom. The molecule has 4 rings (SSSR count). The summed E-state index contributed by atoms with van der Waals surface area (Å²) in [6.07, 6.45) is 7.79. The maximum absolute atomic E-state index is 12.0. The van der Waals surface area contributed by atoms with Gasteiger partial charge in [0.05, 0.1) is 6.04 Å².